The first-order chi connectivity index (χ1) is 13.7. The van der Waals surface area contributed by atoms with E-state index in [-0.39, 0.29) is 5.56 Å². The minimum Gasteiger partial charge on any atom is -0.490 e. The Labute approximate surface area is 165 Å². The molecule has 3 rings (SSSR count). The predicted molar refractivity (Wildman–Crippen MR) is 108 cm³/mol. The summed E-state index contributed by atoms with van der Waals surface area (Å²) < 4.78 is 14.3. The van der Waals surface area contributed by atoms with E-state index in [1.165, 1.54) is 0 Å². The van der Waals surface area contributed by atoms with Crippen molar-refractivity contribution in [3.05, 3.63) is 72.1 Å². The largest absolute Gasteiger partial charge is 0.490 e. The minimum atomic E-state index is -4.64. The molecule has 0 spiro atoms. The number of rotatable bonds is 6. The van der Waals surface area contributed by atoms with Gasteiger partial charge in [0.05, 0.1) is 11.1 Å². The number of hydrogen-bond acceptors (Lipinski definition) is 4. The molecule has 0 atom stereocenters. The van der Waals surface area contributed by atoms with E-state index < -0.39 is 13.8 Å². The van der Waals surface area contributed by atoms with Crippen LogP contribution in [0, 0.1) is 0 Å². The zero-order valence-electron chi connectivity index (χ0n) is 15.1. The van der Waals surface area contributed by atoms with E-state index in [2.05, 4.69) is 16.5 Å². The molecule has 29 heavy (non-hydrogen) atoms. The van der Waals surface area contributed by atoms with Gasteiger partial charge in [-0.15, -0.1) is 0 Å². The quantitative estimate of drug-likeness (QED) is 0.302. The number of carboxylic acids is 1. The number of ether oxygens (including phenoxy) is 1. The molecule has 0 unspecified atom stereocenters. The van der Waals surface area contributed by atoms with Crippen LogP contribution in [0.4, 0.5) is 0 Å². The summed E-state index contributed by atoms with van der Waals surface area (Å²) in [6, 6.07) is 12.7. The molecular formula is C19H19N2O7P. The number of aromatic nitrogens is 2. The van der Waals surface area contributed by atoms with Gasteiger partial charge >= 0.3 is 13.8 Å². The highest BCUT2D eigenvalue weighted by Gasteiger charge is 2.11. The maximum atomic E-state index is 11.2. The van der Waals surface area contributed by atoms with E-state index in [4.69, 9.17) is 24.0 Å². The molecule has 9 nitrogen and oxygen atoms in total. The Kier molecular flexibility index (Phi) is 7.46. The number of benzene rings is 2. The van der Waals surface area contributed by atoms with Gasteiger partial charge in [-0.25, -0.2) is 14.3 Å². The van der Waals surface area contributed by atoms with Crippen LogP contribution >= 0.6 is 7.82 Å². The van der Waals surface area contributed by atoms with Crippen LogP contribution in [0.2, 0.25) is 0 Å². The summed E-state index contributed by atoms with van der Waals surface area (Å²) >= 11 is 0. The van der Waals surface area contributed by atoms with E-state index in [1.54, 1.807) is 24.3 Å². The fourth-order valence-corrected chi connectivity index (χ4v) is 2.31. The number of para-hydroxylation sites is 1. The van der Waals surface area contributed by atoms with Crippen molar-refractivity contribution in [1.29, 1.82) is 0 Å². The first-order valence-corrected chi connectivity index (χ1v) is 9.76. The summed E-state index contributed by atoms with van der Waals surface area (Å²) in [4.78, 5) is 40.2. The second-order valence-electron chi connectivity index (χ2n) is 5.64. The third-order valence-electron chi connectivity index (χ3n) is 3.44. The lowest BCUT2D eigenvalue weighted by Crippen LogP contribution is -1.96. The van der Waals surface area contributed by atoms with Crippen LogP contribution in [-0.2, 0) is 4.57 Å². The SMILES string of the molecule is C=CCOc1ccc(C=Cc2nc3c(C(=O)O)cccc3[nH]2)cc1.O=P(O)(O)O. The van der Waals surface area contributed by atoms with Crippen LogP contribution in [0.3, 0.4) is 0 Å². The Morgan fingerprint density at radius 3 is 2.38 bits per heavy atom. The number of H-pyrrole nitrogens is 1. The molecule has 3 aromatic rings. The normalized spacial score (nSPS) is 11.1. The molecule has 152 valence electrons. The smallest absolute Gasteiger partial charge is 0.466 e. The zero-order valence-corrected chi connectivity index (χ0v) is 16.0. The third-order valence-corrected chi connectivity index (χ3v) is 3.44. The fourth-order valence-electron chi connectivity index (χ4n) is 2.31. The number of aromatic carboxylic acids is 1. The summed E-state index contributed by atoms with van der Waals surface area (Å²) in [6.45, 7) is 4.08. The van der Waals surface area contributed by atoms with Gasteiger partial charge in [0.2, 0.25) is 0 Å². The molecule has 0 saturated carbocycles. The first kappa shape index (κ1) is 22.1. The van der Waals surface area contributed by atoms with Crippen LogP contribution in [0.5, 0.6) is 5.75 Å². The van der Waals surface area contributed by atoms with Gasteiger partial charge in [-0.3, -0.25) is 0 Å². The van der Waals surface area contributed by atoms with Crippen molar-refractivity contribution in [2.45, 2.75) is 0 Å². The fraction of sp³-hybridized carbons (Fsp3) is 0.0526. The van der Waals surface area contributed by atoms with Crippen LogP contribution in [0.15, 0.2) is 55.1 Å². The van der Waals surface area contributed by atoms with Gasteiger partial charge in [-0.1, -0.05) is 36.9 Å². The Bertz CT molecular complexity index is 1060. The number of nitrogens with one attached hydrogen (secondary N) is 1. The first-order valence-electron chi connectivity index (χ1n) is 8.19. The highest BCUT2D eigenvalue weighted by atomic mass is 31.2. The Morgan fingerprint density at radius 2 is 1.79 bits per heavy atom. The molecule has 0 aliphatic rings. The summed E-state index contributed by atoms with van der Waals surface area (Å²) in [6.07, 6.45) is 5.40. The van der Waals surface area contributed by atoms with Gasteiger partial charge in [0, 0.05) is 0 Å². The molecule has 0 radical (unpaired) electrons. The number of nitrogens with zero attached hydrogens (tertiary/aromatic N) is 1. The number of carbonyl (C=O) groups is 1. The Balaban J connectivity index is 0.000000537. The highest BCUT2D eigenvalue weighted by Crippen LogP contribution is 2.25. The summed E-state index contributed by atoms with van der Waals surface area (Å²) in [5.41, 5.74) is 2.33. The summed E-state index contributed by atoms with van der Waals surface area (Å²) in [5.74, 6) is 0.394. The van der Waals surface area contributed by atoms with Crippen LogP contribution in [0.25, 0.3) is 23.2 Å². The Hall–Kier alpha value is -3.23. The van der Waals surface area contributed by atoms with Crippen molar-refractivity contribution in [1.82, 2.24) is 9.97 Å². The monoisotopic (exact) mass is 418 g/mol. The molecule has 2 aromatic carbocycles. The summed E-state index contributed by atoms with van der Waals surface area (Å²) in [5, 5.41) is 9.20. The van der Waals surface area contributed by atoms with Crippen molar-refractivity contribution in [2.24, 2.45) is 0 Å². The van der Waals surface area contributed by atoms with E-state index >= 15 is 0 Å². The highest BCUT2D eigenvalue weighted by molar-refractivity contribution is 7.45. The second kappa shape index (κ2) is 9.81. The molecule has 0 amide bonds. The number of aromatic amines is 1. The van der Waals surface area contributed by atoms with Gasteiger partial charge in [-0.2, -0.15) is 0 Å². The van der Waals surface area contributed by atoms with E-state index in [0.717, 1.165) is 11.3 Å². The van der Waals surface area contributed by atoms with E-state index in [1.807, 2.05) is 36.4 Å². The van der Waals surface area contributed by atoms with Gasteiger partial charge in [-0.05, 0) is 35.9 Å². The van der Waals surface area contributed by atoms with E-state index in [0.29, 0.717) is 23.5 Å². The maximum Gasteiger partial charge on any atom is 0.466 e. The van der Waals surface area contributed by atoms with E-state index in [9.17, 15) is 9.90 Å². The number of fused-ring (bicyclic) bond motifs is 1. The summed E-state index contributed by atoms with van der Waals surface area (Å²) in [7, 11) is -4.64. The maximum absolute atomic E-state index is 11.2. The zero-order chi connectivity index (χ0) is 21.4. The lowest BCUT2D eigenvalue weighted by molar-refractivity contribution is 0.0698. The Morgan fingerprint density at radius 1 is 1.14 bits per heavy atom. The molecule has 0 aliphatic heterocycles. The molecule has 0 fully saturated rings. The van der Waals surface area contributed by atoms with Crippen molar-refractivity contribution in [2.75, 3.05) is 6.61 Å². The van der Waals surface area contributed by atoms with Crippen LogP contribution in [-0.4, -0.2) is 42.3 Å². The van der Waals surface area contributed by atoms with Gasteiger partial charge < -0.3 is 29.5 Å². The number of phosphoric acid groups is 1. The van der Waals surface area contributed by atoms with Gasteiger partial charge in [0.1, 0.15) is 23.7 Å². The molecular weight excluding hydrogens is 399 g/mol. The molecule has 0 saturated heterocycles. The predicted octanol–water partition coefficient (Wildman–Crippen LogP) is 3.07. The topological polar surface area (TPSA) is 153 Å². The standard InChI is InChI=1S/C19H16N2O3.H3O4P/c1-2-12-24-14-9-6-13(7-10-14)8-11-17-20-16-5-3-4-15(19(22)23)18(16)21-17;1-5(2,3)4/h2-11H,1,12H2,(H,20,21)(H,22,23);(H3,1,2,3,4). The average molecular weight is 418 g/mol. The van der Waals surface area contributed by atoms with Gasteiger partial charge in [0.15, 0.2) is 0 Å². The average Bonchev–Trinajstić information content (AvgIpc) is 3.07. The van der Waals surface area contributed by atoms with Crippen molar-refractivity contribution >= 4 is 37.0 Å². The number of carboxylic acid groups (broad SMARTS) is 1. The molecule has 1 aromatic heterocycles. The van der Waals surface area contributed by atoms with Crippen molar-refractivity contribution in [3.8, 4) is 5.75 Å². The molecule has 10 heteroatoms. The number of imidazole rings is 1. The second-order valence-corrected chi connectivity index (χ2v) is 6.67. The molecule has 5 N–H and O–H groups in total. The molecule has 0 aliphatic carbocycles. The lowest BCUT2D eigenvalue weighted by Gasteiger charge is -2.02. The van der Waals surface area contributed by atoms with Crippen LogP contribution in [0.1, 0.15) is 21.7 Å². The minimum absolute atomic E-state index is 0.187. The van der Waals surface area contributed by atoms with Crippen LogP contribution < -0.4 is 4.74 Å². The third kappa shape index (κ3) is 7.36. The van der Waals surface area contributed by atoms with Crippen molar-refractivity contribution < 1.29 is 33.9 Å². The van der Waals surface area contributed by atoms with Gasteiger partial charge in [0.25, 0.3) is 0 Å². The lowest BCUT2D eigenvalue weighted by atomic mass is 10.2. The number of hydrogen-bond donors (Lipinski definition) is 5. The molecule has 1 heterocycles. The van der Waals surface area contributed by atoms with Crippen molar-refractivity contribution in [3.63, 3.8) is 0 Å². The molecule has 0 bridgehead atoms.